The van der Waals surface area contributed by atoms with Crippen LogP contribution >= 0.6 is 0 Å². The molecule has 3 heterocycles. The summed E-state index contributed by atoms with van der Waals surface area (Å²) in [6.07, 6.45) is 3.91. The molecule has 9 heteroatoms. The molecule has 2 aliphatic rings. The number of ketones is 1. The van der Waals surface area contributed by atoms with E-state index in [1.807, 2.05) is 0 Å². The highest BCUT2D eigenvalue weighted by Crippen LogP contribution is 2.34. The van der Waals surface area contributed by atoms with E-state index in [1.165, 1.54) is 33.7 Å². The van der Waals surface area contributed by atoms with Crippen molar-refractivity contribution in [3.05, 3.63) is 24.5 Å². The van der Waals surface area contributed by atoms with Crippen LogP contribution in [0.15, 0.2) is 29.4 Å². The zero-order valence-corrected chi connectivity index (χ0v) is 13.7. The molecule has 3 rings (SSSR count). The summed E-state index contributed by atoms with van der Waals surface area (Å²) < 4.78 is 26.7. The van der Waals surface area contributed by atoms with Gasteiger partial charge in [0.05, 0.1) is 12.6 Å². The molecule has 1 amide bonds. The molecule has 0 bridgehead atoms. The van der Waals surface area contributed by atoms with Gasteiger partial charge in [-0.3, -0.25) is 14.6 Å². The molecule has 2 saturated heterocycles. The minimum atomic E-state index is -3.84. The molecule has 2 atom stereocenters. The van der Waals surface area contributed by atoms with Crippen LogP contribution in [0.25, 0.3) is 0 Å². The number of amides is 1. The molecular formula is C15H17N3O5S. The van der Waals surface area contributed by atoms with Crippen molar-refractivity contribution >= 4 is 28.0 Å². The summed E-state index contributed by atoms with van der Waals surface area (Å²) in [5.41, 5.74) is 0. The molecule has 128 valence electrons. The number of rotatable bonds is 5. The Morgan fingerprint density at radius 2 is 2.21 bits per heavy atom. The van der Waals surface area contributed by atoms with Gasteiger partial charge in [0.25, 0.3) is 0 Å². The van der Waals surface area contributed by atoms with Crippen LogP contribution in [0.2, 0.25) is 0 Å². The first-order chi connectivity index (χ1) is 11.5. The number of hydrogen-bond donors (Lipinski definition) is 0. The van der Waals surface area contributed by atoms with E-state index >= 15 is 0 Å². The zero-order chi connectivity index (χ0) is 17.3. The SMILES string of the molecule is O=CCCC(=O)N1CCC2C1C(=O)CN2S(=O)(=O)c1cccnc1. The van der Waals surface area contributed by atoms with Crippen molar-refractivity contribution in [1.82, 2.24) is 14.2 Å². The van der Waals surface area contributed by atoms with Gasteiger partial charge in [-0.15, -0.1) is 0 Å². The zero-order valence-electron chi connectivity index (χ0n) is 12.9. The van der Waals surface area contributed by atoms with E-state index in [9.17, 15) is 22.8 Å². The van der Waals surface area contributed by atoms with Crippen molar-refractivity contribution in [1.29, 1.82) is 0 Å². The smallest absolute Gasteiger partial charge is 0.245 e. The van der Waals surface area contributed by atoms with Gasteiger partial charge in [0, 0.05) is 31.8 Å². The standard InChI is InChI=1S/C15H17N3O5S/c19-8-2-4-14(21)17-7-5-12-15(17)13(20)10-18(12)24(22,23)11-3-1-6-16-9-11/h1,3,6,8-9,12,15H,2,4-5,7,10H2. The maximum Gasteiger partial charge on any atom is 0.245 e. The molecule has 0 saturated carbocycles. The molecule has 0 N–H and O–H groups in total. The van der Waals surface area contributed by atoms with Gasteiger partial charge in [0.15, 0.2) is 5.78 Å². The highest BCUT2D eigenvalue weighted by atomic mass is 32.2. The number of likely N-dealkylation sites (tertiary alicyclic amines) is 1. The summed E-state index contributed by atoms with van der Waals surface area (Å²) >= 11 is 0. The van der Waals surface area contributed by atoms with E-state index < -0.39 is 22.1 Å². The summed E-state index contributed by atoms with van der Waals surface area (Å²) in [5.74, 6) is -0.576. The number of carbonyl (C=O) groups is 3. The molecule has 0 spiro atoms. The van der Waals surface area contributed by atoms with Crippen molar-refractivity contribution in [3.8, 4) is 0 Å². The lowest BCUT2D eigenvalue weighted by Gasteiger charge is -2.23. The van der Waals surface area contributed by atoms with Crippen molar-refractivity contribution in [2.24, 2.45) is 0 Å². The van der Waals surface area contributed by atoms with Gasteiger partial charge in [-0.25, -0.2) is 8.42 Å². The minimum Gasteiger partial charge on any atom is -0.331 e. The molecule has 2 fully saturated rings. The summed E-state index contributed by atoms with van der Waals surface area (Å²) in [6, 6.07) is 1.65. The lowest BCUT2D eigenvalue weighted by Crippen LogP contribution is -2.43. The lowest BCUT2D eigenvalue weighted by atomic mass is 10.1. The molecule has 0 aliphatic carbocycles. The van der Waals surface area contributed by atoms with Crippen LogP contribution in [0.5, 0.6) is 0 Å². The molecule has 1 aromatic heterocycles. The Bertz CT molecular complexity index is 765. The largest absolute Gasteiger partial charge is 0.331 e. The average Bonchev–Trinajstić information content (AvgIpc) is 3.15. The Morgan fingerprint density at radius 3 is 2.88 bits per heavy atom. The van der Waals surface area contributed by atoms with Gasteiger partial charge >= 0.3 is 0 Å². The van der Waals surface area contributed by atoms with E-state index in [1.54, 1.807) is 0 Å². The second-order valence-electron chi connectivity index (χ2n) is 5.80. The Hall–Kier alpha value is -2.13. The third-order valence-electron chi connectivity index (χ3n) is 4.41. The average molecular weight is 351 g/mol. The number of aldehydes is 1. The Morgan fingerprint density at radius 1 is 1.42 bits per heavy atom. The first-order valence-electron chi connectivity index (χ1n) is 7.64. The number of Topliss-reactive ketones (excluding diaryl/α,β-unsaturated/α-hetero) is 1. The van der Waals surface area contributed by atoms with E-state index in [2.05, 4.69) is 4.98 Å². The van der Waals surface area contributed by atoms with E-state index in [0.717, 1.165) is 0 Å². The monoisotopic (exact) mass is 351 g/mol. The van der Waals surface area contributed by atoms with Crippen LogP contribution in [0.1, 0.15) is 19.3 Å². The van der Waals surface area contributed by atoms with Crippen LogP contribution in [0, 0.1) is 0 Å². The number of hydrogen-bond acceptors (Lipinski definition) is 6. The predicted octanol–water partition coefficient (Wildman–Crippen LogP) is -0.396. The van der Waals surface area contributed by atoms with Gasteiger partial charge in [-0.2, -0.15) is 4.31 Å². The Balaban J connectivity index is 1.84. The highest BCUT2D eigenvalue weighted by molar-refractivity contribution is 7.89. The molecule has 24 heavy (non-hydrogen) atoms. The van der Waals surface area contributed by atoms with Crippen molar-refractivity contribution < 1.29 is 22.8 Å². The fourth-order valence-electron chi connectivity index (χ4n) is 3.33. The number of nitrogens with zero attached hydrogens (tertiary/aromatic N) is 3. The number of aromatic nitrogens is 1. The van der Waals surface area contributed by atoms with Gasteiger partial charge in [0.2, 0.25) is 15.9 Å². The first-order valence-corrected chi connectivity index (χ1v) is 9.08. The van der Waals surface area contributed by atoms with Gasteiger partial charge in [0.1, 0.15) is 17.2 Å². The summed E-state index contributed by atoms with van der Waals surface area (Å²) in [7, 11) is -3.84. The topological polar surface area (TPSA) is 105 Å². The van der Waals surface area contributed by atoms with Crippen LogP contribution in [-0.4, -0.2) is 65.8 Å². The number of carbonyl (C=O) groups excluding carboxylic acids is 3. The summed E-state index contributed by atoms with van der Waals surface area (Å²) in [6.45, 7) is 0.0713. The third kappa shape index (κ3) is 2.73. The Kier molecular flexibility index (Phi) is 4.46. The van der Waals surface area contributed by atoms with E-state index in [0.29, 0.717) is 19.3 Å². The summed E-state index contributed by atoms with van der Waals surface area (Å²) in [4.78, 5) is 40.2. The predicted molar refractivity (Wildman–Crippen MR) is 82.3 cm³/mol. The minimum absolute atomic E-state index is 0.0316. The second kappa shape index (κ2) is 6.40. The van der Waals surface area contributed by atoms with E-state index in [4.69, 9.17) is 0 Å². The second-order valence-corrected chi connectivity index (χ2v) is 7.69. The van der Waals surface area contributed by atoms with Gasteiger partial charge < -0.3 is 9.69 Å². The molecule has 0 aromatic carbocycles. The lowest BCUT2D eigenvalue weighted by molar-refractivity contribution is -0.136. The molecule has 2 aliphatic heterocycles. The van der Waals surface area contributed by atoms with Crippen molar-refractivity contribution in [2.45, 2.75) is 36.2 Å². The molecule has 1 aromatic rings. The first kappa shape index (κ1) is 16.7. The van der Waals surface area contributed by atoms with Crippen LogP contribution < -0.4 is 0 Å². The number of sulfonamides is 1. The van der Waals surface area contributed by atoms with Crippen molar-refractivity contribution in [3.63, 3.8) is 0 Å². The van der Waals surface area contributed by atoms with E-state index in [-0.39, 0.29) is 36.0 Å². The van der Waals surface area contributed by atoms with Gasteiger partial charge in [-0.1, -0.05) is 0 Å². The maximum absolute atomic E-state index is 12.8. The normalized spacial score (nSPS) is 24.2. The fraction of sp³-hybridized carbons (Fsp3) is 0.467. The molecule has 8 nitrogen and oxygen atoms in total. The number of fused-ring (bicyclic) bond motifs is 1. The molecule has 2 unspecified atom stereocenters. The van der Waals surface area contributed by atoms with Gasteiger partial charge in [-0.05, 0) is 18.6 Å². The maximum atomic E-state index is 12.8. The number of pyridine rings is 1. The van der Waals surface area contributed by atoms with Crippen LogP contribution in [-0.2, 0) is 24.4 Å². The van der Waals surface area contributed by atoms with Crippen LogP contribution in [0.4, 0.5) is 0 Å². The molecule has 0 radical (unpaired) electrons. The molecular weight excluding hydrogens is 334 g/mol. The fourth-order valence-corrected chi connectivity index (χ4v) is 4.92. The Labute approximate surface area is 139 Å². The summed E-state index contributed by atoms with van der Waals surface area (Å²) in [5, 5.41) is 0. The third-order valence-corrected chi connectivity index (χ3v) is 6.27. The highest BCUT2D eigenvalue weighted by Gasteiger charge is 2.53. The quantitative estimate of drug-likeness (QED) is 0.669. The van der Waals surface area contributed by atoms with Crippen molar-refractivity contribution in [2.75, 3.05) is 13.1 Å². The van der Waals surface area contributed by atoms with Crippen LogP contribution in [0.3, 0.4) is 0 Å².